The second-order valence-corrected chi connectivity index (χ2v) is 3.89. The summed E-state index contributed by atoms with van der Waals surface area (Å²) in [5.41, 5.74) is 0.999. The Morgan fingerprint density at radius 3 is 2.75 bits per heavy atom. The smallest absolute Gasteiger partial charge is 0.160 e. The number of Topliss-reactive ketones (excluding diaryl/α,β-unsaturated/α-hetero) is 1. The first-order valence-electron chi connectivity index (χ1n) is 4.50. The number of carbonyl (C=O) groups is 1. The van der Waals surface area contributed by atoms with Crippen LogP contribution >= 0.6 is 0 Å². The lowest BCUT2D eigenvalue weighted by Crippen LogP contribution is -2.17. The highest BCUT2D eigenvalue weighted by atomic mass is 16.1. The molecule has 0 aromatic heterocycles. The fraction of sp³-hybridized carbons (Fsp3) is 0.700. The molecule has 0 bridgehead atoms. The number of rotatable bonds is 1. The van der Waals surface area contributed by atoms with Crippen molar-refractivity contribution in [3.8, 4) is 0 Å². The van der Waals surface area contributed by atoms with Crippen LogP contribution in [0.3, 0.4) is 0 Å². The highest BCUT2D eigenvalue weighted by Crippen LogP contribution is 2.25. The molecule has 0 spiro atoms. The minimum Gasteiger partial charge on any atom is -0.383 e. The molecule has 2 nitrogen and oxygen atoms in total. The van der Waals surface area contributed by atoms with E-state index in [2.05, 4.69) is 6.92 Å². The highest BCUT2D eigenvalue weighted by molar-refractivity contribution is 5.95. The molecule has 1 saturated carbocycles. The summed E-state index contributed by atoms with van der Waals surface area (Å²) >= 11 is 0. The Kier molecular flexibility index (Phi) is 2.90. The van der Waals surface area contributed by atoms with Gasteiger partial charge in [0.1, 0.15) is 0 Å². The third-order valence-electron chi connectivity index (χ3n) is 2.20. The number of hydrogen-bond acceptors (Lipinski definition) is 2. The number of ketones is 1. The van der Waals surface area contributed by atoms with E-state index in [1.54, 1.807) is 0 Å². The lowest BCUT2D eigenvalue weighted by atomic mass is 9.86. The van der Waals surface area contributed by atoms with Crippen molar-refractivity contribution in [2.75, 3.05) is 14.1 Å². The van der Waals surface area contributed by atoms with Gasteiger partial charge >= 0.3 is 0 Å². The molecule has 2 heteroatoms. The van der Waals surface area contributed by atoms with Crippen LogP contribution in [0.25, 0.3) is 0 Å². The van der Waals surface area contributed by atoms with Crippen LogP contribution in [0.4, 0.5) is 0 Å². The van der Waals surface area contributed by atoms with E-state index < -0.39 is 0 Å². The summed E-state index contributed by atoms with van der Waals surface area (Å²) in [6.07, 6.45) is 4.71. The average molecular weight is 167 g/mol. The summed E-state index contributed by atoms with van der Waals surface area (Å²) in [6.45, 7) is 2.20. The predicted octanol–water partition coefficient (Wildman–Crippen LogP) is 1.82. The van der Waals surface area contributed by atoms with E-state index in [0.717, 1.165) is 24.8 Å². The molecule has 0 heterocycles. The Morgan fingerprint density at radius 2 is 2.17 bits per heavy atom. The highest BCUT2D eigenvalue weighted by Gasteiger charge is 2.20. The first-order valence-corrected chi connectivity index (χ1v) is 4.50. The quantitative estimate of drug-likeness (QED) is 0.555. The SMILES string of the molecule is CC1CCC(=O)/C(=C\N(C)C)C1. The molecule has 1 fully saturated rings. The fourth-order valence-corrected chi connectivity index (χ4v) is 1.57. The number of allylic oxidation sites excluding steroid dienone is 1. The number of carbonyl (C=O) groups excluding carboxylic acids is 1. The number of nitrogens with zero attached hydrogens (tertiary/aromatic N) is 1. The zero-order chi connectivity index (χ0) is 9.14. The molecular formula is C10H17NO. The topological polar surface area (TPSA) is 20.3 Å². The lowest BCUT2D eigenvalue weighted by molar-refractivity contribution is -0.117. The summed E-state index contributed by atoms with van der Waals surface area (Å²) in [7, 11) is 3.92. The van der Waals surface area contributed by atoms with Crippen molar-refractivity contribution >= 4 is 5.78 Å². The molecule has 68 valence electrons. The zero-order valence-electron chi connectivity index (χ0n) is 8.13. The van der Waals surface area contributed by atoms with Crippen LogP contribution in [0.15, 0.2) is 11.8 Å². The predicted molar refractivity (Wildman–Crippen MR) is 49.8 cm³/mol. The normalized spacial score (nSPS) is 27.8. The van der Waals surface area contributed by atoms with E-state index in [9.17, 15) is 4.79 Å². The van der Waals surface area contributed by atoms with Crippen molar-refractivity contribution in [2.24, 2.45) is 5.92 Å². The van der Waals surface area contributed by atoms with Crippen molar-refractivity contribution in [1.82, 2.24) is 4.90 Å². The summed E-state index contributed by atoms with van der Waals surface area (Å²) in [5.74, 6) is 1.01. The maximum absolute atomic E-state index is 11.4. The van der Waals surface area contributed by atoms with Gasteiger partial charge in [-0.15, -0.1) is 0 Å². The Morgan fingerprint density at radius 1 is 1.50 bits per heavy atom. The lowest BCUT2D eigenvalue weighted by Gasteiger charge is -2.20. The maximum Gasteiger partial charge on any atom is 0.160 e. The van der Waals surface area contributed by atoms with E-state index in [-0.39, 0.29) is 0 Å². The molecule has 0 aromatic rings. The fourth-order valence-electron chi connectivity index (χ4n) is 1.57. The molecule has 1 unspecified atom stereocenters. The van der Waals surface area contributed by atoms with Crippen LogP contribution < -0.4 is 0 Å². The monoisotopic (exact) mass is 167 g/mol. The first-order chi connectivity index (χ1) is 5.59. The van der Waals surface area contributed by atoms with Gasteiger partial charge in [-0.1, -0.05) is 6.92 Å². The minimum absolute atomic E-state index is 0.335. The Balaban J connectivity index is 2.67. The summed E-state index contributed by atoms with van der Waals surface area (Å²) in [5, 5.41) is 0. The molecule has 1 aliphatic carbocycles. The molecule has 0 aliphatic heterocycles. The minimum atomic E-state index is 0.335. The number of hydrogen-bond donors (Lipinski definition) is 0. The van der Waals surface area contributed by atoms with E-state index in [1.807, 2.05) is 25.2 Å². The van der Waals surface area contributed by atoms with Crippen molar-refractivity contribution in [3.63, 3.8) is 0 Å². The van der Waals surface area contributed by atoms with Crippen LogP contribution in [0.2, 0.25) is 0 Å². The third-order valence-corrected chi connectivity index (χ3v) is 2.20. The van der Waals surface area contributed by atoms with Crippen LogP contribution in [-0.2, 0) is 4.79 Å². The van der Waals surface area contributed by atoms with E-state index in [0.29, 0.717) is 11.7 Å². The summed E-state index contributed by atoms with van der Waals surface area (Å²) in [4.78, 5) is 13.3. The summed E-state index contributed by atoms with van der Waals surface area (Å²) in [6, 6.07) is 0. The van der Waals surface area contributed by atoms with Gasteiger partial charge in [0.15, 0.2) is 5.78 Å². The Labute approximate surface area is 74.2 Å². The molecule has 1 rings (SSSR count). The van der Waals surface area contributed by atoms with E-state index >= 15 is 0 Å². The molecule has 0 saturated heterocycles. The largest absolute Gasteiger partial charge is 0.383 e. The second-order valence-electron chi connectivity index (χ2n) is 3.89. The zero-order valence-corrected chi connectivity index (χ0v) is 8.13. The van der Waals surface area contributed by atoms with Gasteiger partial charge in [-0.25, -0.2) is 0 Å². The second kappa shape index (κ2) is 3.74. The standard InChI is InChI=1S/C10H17NO/c1-8-4-5-10(12)9(6-8)7-11(2)3/h7-8H,4-6H2,1-3H3/b9-7-. The van der Waals surface area contributed by atoms with Crippen LogP contribution in [0.1, 0.15) is 26.2 Å². The van der Waals surface area contributed by atoms with Gasteiger partial charge in [-0.05, 0) is 18.8 Å². The first kappa shape index (κ1) is 9.30. The summed E-state index contributed by atoms with van der Waals surface area (Å²) < 4.78 is 0. The van der Waals surface area contributed by atoms with Crippen LogP contribution in [-0.4, -0.2) is 24.8 Å². The van der Waals surface area contributed by atoms with E-state index in [4.69, 9.17) is 0 Å². The van der Waals surface area contributed by atoms with Gasteiger partial charge in [0.25, 0.3) is 0 Å². The molecule has 12 heavy (non-hydrogen) atoms. The maximum atomic E-state index is 11.4. The Bertz CT molecular complexity index is 206. The molecule has 0 aromatic carbocycles. The molecule has 0 N–H and O–H groups in total. The van der Waals surface area contributed by atoms with Crippen LogP contribution in [0, 0.1) is 5.92 Å². The van der Waals surface area contributed by atoms with Crippen molar-refractivity contribution < 1.29 is 4.79 Å². The van der Waals surface area contributed by atoms with Gasteiger partial charge in [-0.2, -0.15) is 0 Å². The van der Waals surface area contributed by atoms with Crippen molar-refractivity contribution in [1.29, 1.82) is 0 Å². The van der Waals surface area contributed by atoms with Gasteiger partial charge < -0.3 is 4.90 Å². The molecule has 1 atom stereocenters. The van der Waals surface area contributed by atoms with Gasteiger partial charge in [0.05, 0.1) is 0 Å². The molecule has 1 aliphatic rings. The Hall–Kier alpha value is -0.790. The average Bonchev–Trinajstić information content (AvgIpc) is 1.96. The van der Waals surface area contributed by atoms with Crippen molar-refractivity contribution in [2.45, 2.75) is 26.2 Å². The molecule has 0 amide bonds. The van der Waals surface area contributed by atoms with Gasteiger partial charge in [-0.3, -0.25) is 4.79 Å². The molecular weight excluding hydrogens is 150 g/mol. The van der Waals surface area contributed by atoms with Crippen molar-refractivity contribution in [3.05, 3.63) is 11.8 Å². The van der Waals surface area contributed by atoms with Gasteiger partial charge in [0.2, 0.25) is 0 Å². The molecule has 0 radical (unpaired) electrons. The van der Waals surface area contributed by atoms with Gasteiger partial charge in [0, 0.05) is 32.3 Å². The van der Waals surface area contributed by atoms with E-state index in [1.165, 1.54) is 0 Å². The van der Waals surface area contributed by atoms with Crippen LogP contribution in [0.5, 0.6) is 0 Å². The third kappa shape index (κ3) is 2.36.